The summed E-state index contributed by atoms with van der Waals surface area (Å²) in [6, 6.07) is 12.9. The first-order valence-electron chi connectivity index (χ1n) is 11.6. The zero-order valence-electron chi connectivity index (χ0n) is 18.8. The molecule has 0 aliphatic carbocycles. The van der Waals surface area contributed by atoms with Crippen LogP contribution in [0.4, 0.5) is 11.4 Å². The number of rotatable bonds is 8. The van der Waals surface area contributed by atoms with Crippen molar-refractivity contribution in [3.8, 4) is 0 Å². The van der Waals surface area contributed by atoms with Crippen molar-refractivity contribution in [2.75, 3.05) is 62.7 Å². The molecule has 33 heavy (non-hydrogen) atoms. The molecule has 2 amide bonds. The van der Waals surface area contributed by atoms with E-state index in [1.807, 2.05) is 24.3 Å². The number of morpholine rings is 1. The standard InChI is InChI=1S/C25H31BrN4O3/c26-20-6-3-5-19(17-20)24(31)28-21-7-8-23(30-11-1-2-12-30)22(18-21)25(32)27-9-4-10-29-13-15-33-16-14-29/h3,5-8,17-18H,1-2,4,9-16H2,(H,27,32)(H,28,31). The zero-order valence-corrected chi connectivity index (χ0v) is 20.4. The van der Waals surface area contributed by atoms with Crippen LogP contribution in [0.1, 0.15) is 40.0 Å². The Morgan fingerprint density at radius 1 is 0.970 bits per heavy atom. The number of halogens is 1. The van der Waals surface area contributed by atoms with Gasteiger partial charge >= 0.3 is 0 Å². The molecular formula is C25H31BrN4O3. The number of carbonyl (C=O) groups excluding carboxylic acids is 2. The highest BCUT2D eigenvalue weighted by Gasteiger charge is 2.21. The predicted octanol–water partition coefficient (Wildman–Crippen LogP) is 3.75. The van der Waals surface area contributed by atoms with Crippen LogP contribution in [-0.4, -0.2) is 69.2 Å². The Labute approximate surface area is 203 Å². The molecule has 7 nitrogen and oxygen atoms in total. The van der Waals surface area contributed by atoms with Gasteiger partial charge in [-0.25, -0.2) is 0 Å². The maximum atomic E-state index is 13.1. The van der Waals surface area contributed by atoms with E-state index in [4.69, 9.17) is 4.74 Å². The number of ether oxygens (including phenoxy) is 1. The normalized spacial score (nSPS) is 16.6. The van der Waals surface area contributed by atoms with E-state index in [0.29, 0.717) is 23.4 Å². The van der Waals surface area contributed by atoms with E-state index < -0.39 is 0 Å². The number of anilines is 2. The van der Waals surface area contributed by atoms with Gasteiger partial charge in [0.2, 0.25) is 0 Å². The summed E-state index contributed by atoms with van der Waals surface area (Å²) < 4.78 is 6.23. The van der Waals surface area contributed by atoms with E-state index in [-0.39, 0.29) is 11.8 Å². The molecule has 0 unspecified atom stereocenters. The first-order chi connectivity index (χ1) is 16.1. The second-order valence-corrected chi connectivity index (χ2v) is 9.37. The van der Waals surface area contributed by atoms with Gasteiger partial charge in [0, 0.05) is 54.1 Å². The molecule has 0 saturated carbocycles. The number of hydrogen-bond acceptors (Lipinski definition) is 5. The van der Waals surface area contributed by atoms with Gasteiger partial charge in [-0.15, -0.1) is 0 Å². The van der Waals surface area contributed by atoms with E-state index in [1.54, 1.807) is 18.2 Å². The number of amides is 2. The first-order valence-corrected chi connectivity index (χ1v) is 12.4. The third-order valence-corrected chi connectivity index (χ3v) is 6.57. The maximum Gasteiger partial charge on any atom is 0.255 e. The number of nitrogens with one attached hydrogen (secondary N) is 2. The van der Waals surface area contributed by atoms with Gasteiger partial charge < -0.3 is 20.3 Å². The van der Waals surface area contributed by atoms with Crippen molar-refractivity contribution in [1.82, 2.24) is 10.2 Å². The molecule has 2 heterocycles. The van der Waals surface area contributed by atoms with Crippen molar-refractivity contribution in [2.45, 2.75) is 19.3 Å². The van der Waals surface area contributed by atoms with Gasteiger partial charge in [0.05, 0.1) is 18.8 Å². The highest BCUT2D eigenvalue weighted by molar-refractivity contribution is 9.10. The summed E-state index contributed by atoms with van der Waals surface area (Å²) >= 11 is 3.40. The Balaban J connectivity index is 1.43. The monoisotopic (exact) mass is 514 g/mol. The molecule has 0 aromatic heterocycles. The molecule has 0 bridgehead atoms. The minimum absolute atomic E-state index is 0.0996. The number of hydrogen-bond donors (Lipinski definition) is 2. The minimum atomic E-state index is -0.206. The molecule has 2 fully saturated rings. The summed E-state index contributed by atoms with van der Waals surface area (Å²) in [5.41, 5.74) is 2.71. The Bertz CT molecular complexity index is 972. The largest absolute Gasteiger partial charge is 0.379 e. The first kappa shape index (κ1) is 23.7. The lowest BCUT2D eigenvalue weighted by Crippen LogP contribution is -2.38. The van der Waals surface area contributed by atoms with Crippen molar-refractivity contribution in [1.29, 1.82) is 0 Å². The fourth-order valence-corrected chi connectivity index (χ4v) is 4.69. The molecule has 2 aliphatic heterocycles. The molecular weight excluding hydrogens is 484 g/mol. The van der Waals surface area contributed by atoms with Crippen LogP contribution in [0.3, 0.4) is 0 Å². The van der Waals surface area contributed by atoms with Crippen LogP contribution >= 0.6 is 15.9 Å². The lowest BCUT2D eigenvalue weighted by Gasteiger charge is -2.26. The summed E-state index contributed by atoms with van der Waals surface area (Å²) in [6.45, 7) is 6.92. The van der Waals surface area contributed by atoms with Gasteiger partial charge in [0.15, 0.2) is 0 Å². The SMILES string of the molecule is O=C(Nc1ccc(N2CCCC2)c(C(=O)NCCCN2CCOCC2)c1)c1cccc(Br)c1. The predicted molar refractivity (Wildman–Crippen MR) is 134 cm³/mol. The second kappa shape index (κ2) is 11.6. The quantitative estimate of drug-likeness (QED) is 0.524. The second-order valence-electron chi connectivity index (χ2n) is 8.45. The molecule has 0 spiro atoms. The van der Waals surface area contributed by atoms with Crippen LogP contribution in [0.5, 0.6) is 0 Å². The van der Waals surface area contributed by atoms with E-state index >= 15 is 0 Å². The highest BCUT2D eigenvalue weighted by Crippen LogP contribution is 2.28. The Morgan fingerprint density at radius 2 is 1.76 bits per heavy atom. The lowest BCUT2D eigenvalue weighted by atomic mass is 10.1. The fraction of sp³-hybridized carbons (Fsp3) is 0.440. The van der Waals surface area contributed by atoms with Gasteiger partial charge in [-0.3, -0.25) is 14.5 Å². The molecule has 4 rings (SSSR count). The Kier molecular flexibility index (Phi) is 8.36. The van der Waals surface area contributed by atoms with Gasteiger partial charge in [-0.05, 0) is 62.2 Å². The van der Waals surface area contributed by atoms with E-state index in [1.165, 1.54) is 0 Å². The van der Waals surface area contributed by atoms with Crippen LogP contribution in [0.25, 0.3) is 0 Å². The third-order valence-electron chi connectivity index (χ3n) is 6.07. The van der Waals surface area contributed by atoms with Gasteiger partial charge in [0.1, 0.15) is 0 Å². The van der Waals surface area contributed by atoms with Crippen molar-refractivity contribution in [2.24, 2.45) is 0 Å². The topological polar surface area (TPSA) is 73.9 Å². The van der Waals surface area contributed by atoms with Crippen molar-refractivity contribution < 1.29 is 14.3 Å². The van der Waals surface area contributed by atoms with E-state index in [9.17, 15) is 9.59 Å². The average Bonchev–Trinajstić information content (AvgIpc) is 3.37. The molecule has 0 radical (unpaired) electrons. The highest BCUT2D eigenvalue weighted by atomic mass is 79.9. The van der Waals surface area contributed by atoms with Crippen LogP contribution in [0.2, 0.25) is 0 Å². The molecule has 176 valence electrons. The number of nitrogens with zero attached hydrogens (tertiary/aromatic N) is 2. The van der Waals surface area contributed by atoms with Crippen molar-refractivity contribution >= 4 is 39.1 Å². The van der Waals surface area contributed by atoms with Gasteiger partial charge in [-0.1, -0.05) is 22.0 Å². The third kappa shape index (κ3) is 6.56. The molecule has 8 heteroatoms. The molecule has 2 saturated heterocycles. The van der Waals surface area contributed by atoms with Crippen molar-refractivity contribution in [3.05, 3.63) is 58.1 Å². The molecule has 2 N–H and O–H groups in total. The fourth-order valence-electron chi connectivity index (χ4n) is 4.29. The summed E-state index contributed by atoms with van der Waals surface area (Å²) in [5, 5.41) is 6.01. The molecule has 2 aromatic carbocycles. The maximum absolute atomic E-state index is 13.1. The summed E-state index contributed by atoms with van der Waals surface area (Å²) in [7, 11) is 0. The van der Waals surface area contributed by atoms with E-state index in [2.05, 4.69) is 36.4 Å². The van der Waals surface area contributed by atoms with Crippen LogP contribution in [-0.2, 0) is 4.74 Å². The van der Waals surface area contributed by atoms with Crippen LogP contribution < -0.4 is 15.5 Å². The van der Waals surface area contributed by atoms with Crippen LogP contribution in [0.15, 0.2) is 46.9 Å². The average molecular weight is 515 g/mol. The smallest absolute Gasteiger partial charge is 0.255 e. The summed E-state index contributed by atoms with van der Waals surface area (Å²) in [6.07, 6.45) is 3.15. The van der Waals surface area contributed by atoms with Gasteiger partial charge in [-0.2, -0.15) is 0 Å². The number of benzene rings is 2. The Hall–Kier alpha value is -2.42. The molecule has 0 atom stereocenters. The summed E-state index contributed by atoms with van der Waals surface area (Å²) in [4.78, 5) is 30.4. The van der Waals surface area contributed by atoms with Crippen molar-refractivity contribution in [3.63, 3.8) is 0 Å². The van der Waals surface area contributed by atoms with Crippen LogP contribution in [0, 0.1) is 0 Å². The lowest BCUT2D eigenvalue weighted by molar-refractivity contribution is 0.0374. The van der Waals surface area contributed by atoms with E-state index in [0.717, 1.165) is 75.4 Å². The zero-order chi connectivity index (χ0) is 23.0. The number of carbonyl (C=O) groups is 2. The molecule has 2 aromatic rings. The summed E-state index contributed by atoms with van der Waals surface area (Å²) in [5.74, 6) is -0.306. The van der Waals surface area contributed by atoms with Gasteiger partial charge in [0.25, 0.3) is 11.8 Å². The molecule has 2 aliphatic rings. The minimum Gasteiger partial charge on any atom is -0.379 e. The Morgan fingerprint density at radius 3 is 2.52 bits per heavy atom.